The van der Waals surface area contributed by atoms with E-state index in [0.29, 0.717) is 13.0 Å². The van der Waals surface area contributed by atoms with Gasteiger partial charge in [0.1, 0.15) is 24.4 Å². The summed E-state index contributed by atoms with van der Waals surface area (Å²) < 4.78 is 0. The fourth-order valence-electron chi connectivity index (χ4n) is 4.42. The Bertz CT molecular complexity index is 933. The van der Waals surface area contributed by atoms with Crippen LogP contribution >= 0.6 is 0 Å². The van der Waals surface area contributed by atoms with Gasteiger partial charge in [-0.25, -0.2) is 0 Å². The molecule has 0 unspecified atom stereocenters. The molecule has 0 fully saturated rings. The molecular weight excluding hydrogens is 520 g/mol. The highest BCUT2D eigenvalue weighted by Crippen LogP contribution is 2.21. The summed E-state index contributed by atoms with van der Waals surface area (Å²) in [5.41, 5.74) is 9.81. The van der Waals surface area contributed by atoms with Crippen LogP contribution in [0.5, 0.6) is 0 Å². The summed E-state index contributed by atoms with van der Waals surface area (Å²) in [7, 11) is 0. The van der Waals surface area contributed by atoms with Crippen molar-refractivity contribution in [3.8, 4) is 11.1 Å². The fourth-order valence-corrected chi connectivity index (χ4v) is 4.42. The van der Waals surface area contributed by atoms with Gasteiger partial charge in [-0.1, -0.05) is 55.5 Å². The van der Waals surface area contributed by atoms with Crippen LogP contribution in [0.15, 0.2) is 48.5 Å². The Morgan fingerprint density at radius 2 is 1.02 bits per heavy atom. The number of rotatable bonds is 18. The molecule has 11 heteroatoms. The Labute approximate surface area is 235 Å². The van der Waals surface area contributed by atoms with Crippen molar-refractivity contribution >= 4 is 0 Å². The van der Waals surface area contributed by atoms with Gasteiger partial charge in [0.15, 0.2) is 0 Å². The predicted octanol–water partition coefficient (Wildman–Crippen LogP) is -2.15. The summed E-state index contributed by atoms with van der Waals surface area (Å²) in [5, 5.41) is 89.9. The summed E-state index contributed by atoms with van der Waals surface area (Å²) in [6.07, 6.45) is -9.95. The van der Waals surface area contributed by atoms with Crippen LogP contribution in [0.3, 0.4) is 0 Å². The smallest absolute Gasteiger partial charge is 0.111 e. The van der Waals surface area contributed by atoms with E-state index in [2.05, 4.69) is 0 Å². The van der Waals surface area contributed by atoms with E-state index in [-0.39, 0.29) is 19.6 Å². The largest absolute Gasteiger partial charge is 0.396 e. The lowest BCUT2D eigenvalue weighted by molar-refractivity contribution is -0.124. The van der Waals surface area contributed by atoms with Gasteiger partial charge in [-0.3, -0.25) is 4.90 Å². The maximum Gasteiger partial charge on any atom is 0.111 e. The standard InChI is InChI=1S/C29H46N2O9/c1-18(16-32)26(37)27(38)23(34)14-31(15-24(35)28(39)29(40)25(36)17-33)13-11-20-4-8-22(9-5-20)21-6-2-19(3-7-21)10-12-30/h2-9,18,23-29,32-40H,10-17,30H2,1H3/t18-,23+,24+,25-,26-,27-,28-,29-/m1/s1. The average Bonchev–Trinajstić information content (AvgIpc) is 2.98. The number of nitrogens with two attached hydrogens (primary N) is 1. The Morgan fingerprint density at radius 3 is 1.45 bits per heavy atom. The van der Waals surface area contributed by atoms with Crippen molar-refractivity contribution in [3.63, 3.8) is 0 Å². The molecule has 40 heavy (non-hydrogen) atoms. The highest BCUT2D eigenvalue weighted by Gasteiger charge is 2.33. The Balaban J connectivity index is 2.11. The van der Waals surface area contributed by atoms with Gasteiger partial charge in [-0.05, 0) is 41.6 Å². The molecule has 0 spiro atoms. The third-order valence-corrected chi connectivity index (χ3v) is 7.22. The molecule has 0 amide bonds. The van der Waals surface area contributed by atoms with E-state index < -0.39 is 61.9 Å². The van der Waals surface area contributed by atoms with Crippen molar-refractivity contribution in [2.75, 3.05) is 39.4 Å². The molecule has 0 radical (unpaired) electrons. The summed E-state index contributed by atoms with van der Waals surface area (Å²) in [5.74, 6) is -0.684. The zero-order valence-electron chi connectivity index (χ0n) is 22.9. The van der Waals surface area contributed by atoms with Crippen LogP contribution in [0.1, 0.15) is 18.1 Å². The molecule has 0 saturated heterocycles. The number of hydrogen-bond donors (Lipinski definition) is 10. The lowest BCUT2D eigenvalue weighted by Crippen LogP contribution is -2.52. The highest BCUT2D eigenvalue weighted by atomic mass is 16.4. The minimum atomic E-state index is -1.80. The monoisotopic (exact) mass is 566 g/mol. The van der Waals surface area contributed by atoms with Gasteiger partial charge in [0.2, 0.25) is 0 Å². The van der Waals surface area contributed by atoms with Crippen LogP contribution < -0.4 is 5.73 Å². The number of hydrogen-bond acceptors (Lipinski definition) is 11. The number of benzene rings is 2. The van der Waals surface area contributed by atoms with Crippen LogP contribution in [0.25, 0.3) is 11.1 Å². The Kier molecular flexibility index (Phi) is 14.6. The van der Waals surface area contributed by atoms with Crippen molar-refractivity contribution < 1.29 is 46.0 Å². The normalized spacial score (nSPS) is 18.1. The Morgan fingerprint density at radius 1 is 0.600 bits per heavy atom. The van der Waals surface area contributed by atoms with Gasteiger partial charge >= 0.3 is 0 Å². The third kappa shape index (κ3) is 10.1. The predicted molar refractivity (Wildman–Crippen MR) is 150 cm³/mol. The molecule has 11 N–H and O–H groups in total. The van der Waals surface area contributed by atoms with Crippen molar-refractivity contribution in [3.05, 3.63) is 59.7 Å². The topological polar surface area (TPSA) is 211 Å². The molecule has 0 aromatic heterocycles. The van der Waals surface area contributed by atoms with Crippen LogP contribution in [0, 0.1) is 5.92 Å². The molecule has 2 rings (SSSR count). The summed E-state index contributed by atoms with van der Waals surface area (Å²) in [6, 6.07) is 16.0. The Hall–Kier alpha value is -2.00. The van der Waals surface area contributed by atoms with Crippen molar-refractivity contribution in [2.24, 2.45) is 11.7 Å². The summed E-state index contributed by atoms with van der Waals surface area (Å²) in [6.45, 7) is 0.720. The molecule has 0 aliphatic rings. The van der Waals surface area contributed by atoms with Gasteiger partial charge in [-0.2, -0.15) is 0 Å². The maximum absolute atomic E-state index is 10.6. The number of aliphatic hydroxyl groups is 9. The van der Waals surface area contributed by atoms with Crippen molar-refractivity contribution in [1.29, 1.82) is 0 Å². The van der Waals surface area contributed by atoms with Gasteiger partial charge in [0.25, 0.3) is 0 Å². The fraction of sp³-hybridized carbons (Fsp3) is 0.586. The number of nitrogens with zero attached hydrogens (tertiary/aromatic N) is 1. The molecule has 2 aromatic carbocycles. The molecular formula is C29H46N2O9. The van der Waals surface area contributed by atoms with Crippen molar-refractivity contribution in [1.82, 2.24) is 4.90 Å². The van der Waals surface area contributed by atoms with Crippen molar-refractivity contribution in [2.45, 2.75) is 62.5 Å². The molecule has 8 atom stereocenters. The van der Waals surface area contributed by atoms with E-state index in [1.165, 1.54) is 12.5 Å². The molecule has 0 saturated carbocycles. The zero-order chi connectivity index (χ0) is 29.8. The van der Waals surface area contributed by atoms with Gasteiger partial charge < -0.3 is 51.7 Å². The third-order valence-electron chi connectivity index (χ3n) is 7.22. The maximum atomic E-state index is 10.6. The first-order chi connectivity index (χ1) is 19.0. The second-order valence-corrected chi connectivity index (χ2v) is 10.4. The first-order valence-electron chi connectivity index (χ1n) is 13.6. The minimum Gasteiger partial charge on any atom is -0.396 e. The molecule has 11 nitrogen and oxygen atoms in total. The van der Waals surface area contributed by atoms with Crippen LogP contribution in [-0.2, 0) is 12.8 Å². The molecule has 0 aliphatic carbocycles. The van der Waals surface area contributed by atoms with E-state index >= 15 is 0 Å². The average molecular weight is 567 g/mol. The van der Waals surface area contributed by atoms with Crippen LogP contribution in [-0.4, -0.2) is 133 Å². The first kappa shape index (κ1) is 34.2. The van der Waals surface area contributed by atoms with Crippen LogP contribution in [0.4, 0.5) is 0 Å². The molecule has 0 heterocycles. The van der Waals surface area contributed by atoms with E-state index in [1.807, 2.05) is 48.5 Å². The molecule has 0 aliphatic heterocycles. The van der Waals surface area contributed by atoms with Gasteiger partial charge in [0.05, 0.1) is 24.9 Å². The molecule has 2 aromatic rings. The summed E-state index contributed by atoms with van der Waals surface area (Å²) >= 11 is 0. The van der Waals surface area contributed by atoms with Gasteiger partial charge in [0, 0.05) is 32.2 Å². The van der Waals surface area contributed by atoms with E-state index in [0.717, 1.165) is 23.1 Å². The minimum absolute atomic E-state index is 0.202. The highest BCUT2D eigenvalue weighted by molar-refractivity contribution is 5.64. The lowest BCUT2D eigenvalue weighted by Gasteiger charge is -2.33. The van der Waals surface area contributed by atoms with E-state index in [4.69, 9.17) is 10.8 Å². The lowest BCUT2D eigenvalue weighted by atomic mass is 9.96. The first-order valence-corrected chi connectivity index (χ1v) is 13.6. The second-order valence-electron chi connectivity index (χ2n) is 10.4. The summed E-state index contributed by atoms with van der Waals surface area (Å²) in [4.78, 5) is 1.56. The number of aliphatic hydroxyl groups excluding tert-OH is 9. The second kappa shape index (κ2) is 17.1. The molecule has 226 valence electrons. The SMILES string of the molecule is C[C@H](CO)[C@@H](O)[C@H](O)[C@@H](O)CN(CCc1ccc(-c2ccc(CCN)cc2)cc1)C[C@H](O)[C@@H](O)[C@H](O)[C@H](O)CO. The zero-order valence-corrected chi connectivity index (χ0v) is 22.9. The van der Waals surface area contributed by atoms with Crippen LogP contribution in [0.2, 0.25) is 0 Å². The van der Waals surface area contributed by atoms with E-state index in [1.54, 1.807) is 4.90 Å². The van der Waals surface area contributed by atoms with E-state index in [9.17, 15) is 40.9 Å². The quantitative estimate of drug-likeness (QED) is 0.0939. The van der Waals surface area contributed by atoms with Gasteiger partial charge in [-0.15, -0.1) is 0 Å². The molecule has 0 bridgehead atoms.